The zero-order chi connectivity index (χ0) is 44.6. The van der Waals surface area contributed by atoms with Gasteiger partial charge in [0.25, 0.3) is 0 Å². The van der Waals surface area contributed by atoms with Crippen molar-refractivity contribution in [3.63, 3.8) is 0 Å². The number of fused-ring (bicyclic) bond motifs is 8. The van der Waals surface area contributed by atoms with Crippen LogP contribution < -0.4 is 0 Å². The summed E-state index contributed by atoms with van der Waals surface area (Å²) >= 11 is 0. The highest BCUT2D eigenvalue weighted by molar-refractivity contribution is 6.23. The first kappa shape index (κ1) is 38.7. The maximum absolute atomic E-state index is 6.76. The average Bonchev–Trinajstić information content (AvgIpc) is 3.89. The number of allylic oxidation sites excluding steroid dienone is 2. The summed E-state index contributed by atoms with van der Waals surface area (Å²) in [5.74, 6) is 0.864. The molecule has 0 aliphatic rings. The van der Waals surface area contributed by atoms with Crippen molar-refractivity contribution >= 4 is 81.4 Å². The van der Waals surface area contributed by atoms with Crippen molar-refractivity contribution in [2.24, 2.45) is 0 Å². The Morgan fingerprint density at radius 2 is 0.851 bits per heavy atom. The Bertz CT molecular complexity index is 4050. The average molecular weight is 854 g/mol. The van der Waals surface area contributed by atoms with E-state index in [1.807, 2.05) is 6.08 Å². The number of aromatic nitrogens is 1. The number of rotatable bonds is 7. The number of benzene rings is 11. The van der Waals surface area contributed by atoms with E-state index < -0.39 is 0 Å². The predicted octanol–water partition coefficient (Wildman–Crippen LogP) is 18.1. The summed E-state index contributed by atoms with van der Waals surface area (Å²) in [5, 5.41) is 13.1. The highest BCUT2D eigenvalue weighted by Gasteiger charge is 2.26. The highest BCUT2D eigenvalue weighted by atomic mass is 16.3. The molecule has 0 spiro atoms. The molecule has 11 aromatic carbocycles. The molecule has 0 amide bonds. The van der Waals surface area contributed by atoms with Gasteiger partial charge < -0.3 is 8.98 Å². The second-order valence-corrected chi connectivity index (χ2v) is 17.5. The molecule has 314 valence electrons. The molecule has 2 heterocycles. The molecule has 13 aromatic rings. The molecule has 67 heavy (non-hydrogen) atoms. The quantitative estimate of drug-likeness (QED) is 0.115. The van der Waals surface area contributed by atoms with Gasteiger partial charge in [-0.05, 0) is 114 Å². The van der Waals surface area contributed by atoms with Crippen molar-refractivity contribution in [3.8, 4) is 39.1 Å². The lowest BCUT2D eigenvalue weighted by Gasteiger charge is -2.21. The lowest BCUT2D eigenvalue weighted by molar-refractivity contribution is 0.577. The number of para-hydroxylation sites is 1. The standard InChI is InChI=1S/C65H43NO/c1-3-20-55(61-41(2)67-60-38-36-45(40-57(60)61)63-49-28-12-10-26-47(49)62(43-23-8-5-9-24-43)48-27-11-13-29-50(48)63)64-51-30-14-16-32-53(51)65(54-33-17-15-31-52(54)64)66-58-34-19-18-25-46(58)56-39-44(35-37-59(56)66)42-21-6-4-7-22-42/h3-40H,1H2,2H3/b55-20+. The zero-order valence-corrected chi connectivity index (χ0v) is 37.0. The molecule has 0 aliphatic carbocycles. The van der Waals surface area contributed by atoms with Gasteiger partial charge in [-0.1, -0.05) is 207 Å². The van der Waals surface area contributed by atoms with Gasteiger partial charge in [0, 0.05) is 32.5 Å². The minimum absolute atomic E-state index is 0.853. The molecule has 0 N–H and O–H groups in total. The fraction of sp³-hybridized carbons (Fsp3) is 0.0154. The third-order valence-corrected chi connectivity index (χ3v) is 13.9. The summed E-state index contributed by atoms with van der Waals surface area (Å²) in [5.41, 5.74) is 14.9. The van der Waals surface area contributed by atoms with Gasteiger partial charge in [0.2, 0.25) is 0 Å². The molecule has 2 heteroatoms. The third-order valence-electron chi connectivity index (χ3n) is 13.9. The molecule has 0 saturated carbocycles. The van der Waals surface area contributed by atoms with Crippen LogP contribution in [0.15, 0.2) is 242 Å². The van der Waals surface area contributed by atoms with Gasteiger partial charge >= 0.3 is 0 Å². The number of aryl methyl sites for hydroxylation is 1. The zero-order valence-electron chi connectivity index (χ0n) is 37.0. The van der Waals surface area contributed by atoms with Crippen LogP contribution in [0.2, 0.25) is 0 Å². The van der Waals surface area contributed by atoms with Crippen molar-refractivity contribution < 1.29 is 4.42 Å². The van der Waals surface area contributed by atoms with E-state index in [0.717, 1.165) is 49.8 Å². The molecular weight excluding hydrogens is 811 g/mol. The van der Waals surface area contributed by atoms with Crippen molar-refractivity contribution in [3.05, 3.63) is 254 Å². The second-order valence-electron chi connectivity index (χ2n) is 17.5. The van der Waals surface area contributed by atoms with Crippen LogP contribution in [0.5, 0.6) is 0 Å². The Kier molecular flexibility index (Phi) is 8.94. The Hall–Kier alpha value is -8.72. The monoisotopic (exact) mass is 853 g/mol. The topological polar surface area (TPSA) is 18.1 Å². The van der Waals surface area contributed by atoms with Crippen molar-refractivity contribution in [2.75, 3.05) is 0 Å². The lowest BCUT2D eigenvalue weighted by Crippen LogP contribution is -2.01. The Labute approximate surface area is 388 Å². The second kappa shape index (κ2) is 15.5. The lowest BCUT2D eigenvalue weighted by atomic mass is 9.84. The smallest absolute Gasteiger partial charge is 0.134 e. The molecule has 2 nitrogen and oxygen atoms in total. The van der Waals surface area contributed by atoms with E-state index in [1.165, 1.54) is 87.6 Å². The molecule has 0 fully saturated rings. The van der Waals surface area contributed by atoms with Crippen LogP contribution in [0.1, 0.15) is 16.9 Å². The summed E-state index contributed by atoms with van der Waals surface area (Å²) in [6.45, 7) is 6.42. The summed E-state index contributed by atoms with van der Waals surface area (Å²) in [6.07, 6.45) is 4.11. The Morgan fingerprint density at radius 3 is 1.45 bits per heavy atom. The fourth-order valence-electron chi connectivity index (χ4n) is 11.1. The van der Waals surface area contributed by atoms with E-state index in [9.17, 15) is 0 Å². The van der Waals surface area contributed by atoms with E-state index >= 15 is 0 Å². The first-order valence-electron chi connectivity index (χ1n) is 23.0. The molecule has 0 unspecified atom stereocenters. The van der Waals surface area contributed by atoms with Gasteiger partial charge in [-0.2, -0.15) is 0 Å². The van der Waals surface area contributed by atoms with Crippen LogP contribution in [-0.2, 0) is 0 Å². The van der Waals surface area contributed by atoms with E-state index in [-0.39, 0.29) is 0 Å². The molecular formula is C65H43NO. The van der Waals surface area contributed by atoms with Crippen molar-refractivity contribution in [1.29, 1.82) is 0 Å². The Balaban J connectivity index is 1.07. The number of hydrogen-bond donors (Lipinski definition) is 0. The minimum Gasteiger partial charge on any atom is -0.461 e. The highest BCUT2D eigenvalue weighted by Crippen LogP contribution is 2.48. The van der Waals surface area contributed by atoms with Crippen LogP contribution in [0.25, 0.3) is 121 Å². The maximum atomic E-state index is 6.76. The molecule has 0 atom stereocenters. The fourth-order valence-corrected chi connectivity index (χ4v) is 11.1. The first-order valence-corrected chi connectivity index (χ1v) is 23.0. The summed E-state index contributed by atoms with van der Waals surface area (Å²) < 4.78 is 9.25. The van der Waals surface area contributed by atoms with E-state index in [0.29, 0.717) is 0 Å². The Morgan fingerprint density at radius 1 is 0.388 bits per heavy atom. The number of nitrogens with zero attached hydrogens (tertiary/aromatic N) is 1. The number of furan rings is 1. The van der Waals surface area contributed by atoms with Crippen LogP contribution >= 0.6 is 0 Å². The molecule has 0 radical (unpaired) electrons. The van der Waals surface area contributed by atoms with Crippen LogP contribution in [0, 0.1) is 6.92 Å². The SMILES string of the molecule is C=C/C=C(\c1c(C)oc2ccc(-c3c4ccccc4c(-c4ccccc4)c4ccccc34)cc12)c1c2ccccc2c(-n2c3ccccc3c3cc(-c4ccccc4)ccc32)c2ccccc12. The van der Waals surface area contributed by atoms with Gasteiger partial charge in [-0.25, -0.2) is 0 Å². The van der Waals surface area contributed by atoms with Crippen molar-refractivity contribution in [1.82, 2.24) is 4.57 Å². The largest absolute Gasteiger partial charge is 0.461 e. The first-order chi connectivity index (χ1) is 33.2. The van der Waals surface area contributed by atoms with E-state index in [1.54, 1.807) is 0 Å². The maximum Gasteiger partial charge on any atom is 0.134 e. The van der Waals surface area contributed by atoms with Crippen molar-refractivity contribution in [2.45, 2.75) is 6.92 Å². The van der Waals surface area contributed by atoms with E-state index in [2.05, 4.69) is 243 Å². The molecule has 0 bridgehead atoms. The molecule has 13 rings (SSSR count). The normalized spacial score (nSPS) is 12.1. The van der Waals surface area contributed by atoms with Gasteiger partial charge in [-0.3, -0.25) is 0 Å². The van der Waals surface area contributed by atoms with Gasteiger partial charge in [0.15, 0.2) is 0 Å². The number of hydrogen-bond acceptors (Lipinski definition) is 1. The summed E-state index contributed by atoms with van der Waals surface area (Å²) in [6, 6.07) is 79.5. The van der Waals surface area contributed by atoms with E-state index in [4.69, 9.17) is 4.42 Å². The summed E-state index contributed by atoms with van der Waals surface area (Å²) in [4.78, 5) is 0. The predicted molar refractivity (Wildman–Crippen MR) is 285 cm³/mol. The van der Waals surface area contributed by atoms with Crippen LogP contribution in [-0.4, -0.2) is 4.57 Å². The third kappa shape index (κ3) is 5.97. The molecule has 2 aromatic heterocycles. The summed E-state index contributed by atoms with van der Waals surface area (Å²) in [7, 11) is 0. The molecule has 0 aliphatic heterocycles. The van der Waals surface area contributed by atoms with Gasteiger partial charge in [-0.15, -0.1) is 0 Å². The van der Waals surface area contributed by atoms with Gasteiger partial charge in [0.1, 0.15) is 11.3 Å². The molecule has 0 saturated heterocycles. The minimum atomic E-state index is 0.853. The van der Waals surface area contributed by atoms with Crippen LogP contribution in [0.4, 0.5) is 0 Å². The van der Waals surface area contributed by atoms with Gasteiger partial charge in [0.05, 0.1) is 16.7 Å². The van der Waals surface area contributed by atoms with Crippen LogP contribution in [0.3, 0.4) is 0 Å².